The van der Waals surface area contributed by atoms with Crippen molar-refractivity contribution in [2.24, 2.45) is 0 Å². The highest BCUT2D eigenvalue weighted by Gasteiger charge is 2.09. The topological polar surface area (TPSA) is 78.9 Å². The molecule has 0 radical (unpaired) electrons. The van der Waals surface area contributed by atoms with Crippen molar-refractivity contribution in [3.63, 3.8) is 0 Å². The van der Waals surface area contributed by atoms with Gasteiger partial charge in [-0.15, -0.1) is 0 Å². The second-order valence-corrected chi connectivity index (χ2v) is 5.19. The predicted octanol–water partition coefficient (Wildman–Crippen LogP) is 3.46. The quantitative estimate of drug-likeness (QED) is 0.828. The fourth-order valence-electron chi connectivity index (χ4n) is 1.71. The first kappa shape index (κ1) is 14.1. The molecule has 0 atom stereocenters. The summed E-state index contributed by atoms with van der Waals surface area (Å²) < 4.78 is 0.747. The van der Waals surface area contributed by atoms with E-state index in [0.29, 0.717) is 22.5 Å². The van der Waals surface area contributed by atoms with Gasteiger partial charge in [0.25, 0.3) is 5.91 Å². The van der Waals surface area contributed by atoms with Crippen LogP contribution in [0.4, 0.5) is 11.4 Å². The molecule has 0 saturated carbocycles. The van der Waals surface area contributed by atoms with Crippen molar-refractivity contribution in [3.05, 3.63) is 57.6 Å². The summed E-state index contributed by atoms with van der Waals surface area (Å²) in [5.74, 6) is -0.262. The van der Waals surface area contributed by atoms with E-state index in [4.69, 9.17) is 11.0 Å². The summed E-state index contributed by atoms with van der Waals surface area (Å²) in [5.41, 5.74) is 8.74. The molecule has 0 fully saturated rings. The minimum absolute atomic E-state index is 0.262. The SMILES string of the molecule is Cc1ccc(C#N)cc1NC(=O)c1ccc(Br)c(N)c1. The van der Waals surface area contributed by atoms with Crippen LogP contribution in [0.15, 0.2) is 40.9 Å². The molecule has 2 aromatic carbocycles. The number of hydrogen-bond acceptors (Lipinski definition) is 3. The maximum atomic E-state index is 12.2. The summed E-state index contributed by atoms with van der Waals surface area (Å²) in [6, 6.07) is 12.2. The van der Waals surface area contributed by atoms with Gasteiger partial charge in [-0.25, -0.2) is 0 Å². The zero-order chi connectivity index (χ0) is 14.7. The number of carbonyl (C=O) groups excluding carboxylic acids is 1. The molecule has 4 nitrogen and oxygen atoms in total. The molecule has 0 heterocycles. The van der Waals surface area contributed by atoms with E-state index in [2.05, 4.69) is 21.2 Å². The van der Waals surface area contributed by atoms with E-state index in [-0.39, 0.29) is 5.91 Å². The molecule has 0 aliphatic rings. The summed E-state index contributed by atoms with van der Waals surface area (Å²) in [5, 5.41) is 11.7. The summed E-state index contributed by atoms with van der Waals surface area (Å²) >= 11 is 3.28. The maximum absolute atomic E-state index is 12.2. The standard InChI is InChI=1S/C15H12BrN3O/c1-9-2-3-10(8-17)6-14(9)19-15(20)11-4-5-12(16)13(18)7-11/h2-7H,18H2,1H3,(H,19,20). The van der Waals surface area contributed by atoms with Crippen molar-refractivity contribution >= 4 is 33.2 Å². The van der Waals surface area contributed by atoms with E-state index in [1.807, 2.05) is 13.0 Å². The minimum atomic E-state index is -0.262. The van der Waals surface area contributed by atoms with Gasteiger partial charge in [0, 0.05) is 21.4 Å². The molecular weight excluding hydrogens is 318 g/mol. The molecule has 0 bridgehead atoms. The molecule has 0 aliphatic heterocycles. The molecule has 0 unspecified atom stereocenters. The molecule has 3 N–H and O–H groups in total. The third-order valence-electron chi connectivity index (χ3n) is 2.87. The van der Waals surface area contributed by atoms with Gasteiger partial charge >= 0.3 is 0 Å². The zero-order valence-corrected chi connectivity index (χ0v) is 12.4. The molecule has 0 aromatic heterocycles. The average molecular weight is 330 g/mol. The van der Waals surface area contributed by atoms with Crippen LogP contribution in [0, 0.1) is 18.3 Å². The van der Waals surface area contributed by atoms with Crippen LogP contribution in [0.5, 0.6) is 0 Å². The van der Waals surface area contributed by atoms with Crippen molar-refractivity contribution in [3.8, 4) is 6.07 Å². The first-order valence-electron chi connectivity index (χ1n) is 5.88. The van der Waals surface area contributed by atoms with E-state index in [1.54, 1.807) is 36.4 Å². The highest BCUT2D eigenvalue weighted by molar-refractivity contribution is 9.10. The van der Waals surface area contributed by atoms with Gasteiger partial charge < -0.3 is 11.1 Å². The number of rotatable bonds is 2. The van der Waals surface area contributed by atoms with Gasteiger partial charge in [0.15, 0.2) is 0 Å². The van der Waals surface area contributed by atoms with Crippen molar-refractivity contribution < 1.29 is 4.79 Å². The Kier molecular flexibility index (Phi) is 4.06. The molecule has 5 heteroatoms. The molecule has 2 aromatic rings. The van der Waals surface area contributed by atoms with Crippen LogP contribution in [-0.2, 0) is 0 Å². The molecule has 100 valence electrons. The third kappa shape index (κ3) is 2.98. The number of nitrogens with zero attached hydrogens (tertiary/aromatic N) is 1. The number of nitrogens with one attached hydrogen (secondary N) is 1. The van der Waals surface area contributed by atoms with Crippen LogP contribution in [0.3, 0.4) is 0 Å². The highest BCUT2D eigenvalue weighted by Crippen LogP contribution is 2.22. The van der Waals surface area contributed by atoms with E-state index in [0.717, 1.165) is 10.0 Å². The van der Waals surface area contributed by atoms with Crippen LogP contribution >= 0.6 is 15.9 Å². The number of benzene rings is 2. The Morgan fingerprint density at radius 3 is 2.70 bits per heavy atom. The third-order valence-corrected chi connectivity index (χ3v) is 3.60. The van der Waals surface area contributed by atoms with Crippen LogP contribution < -0.4 is 11.1 Å². The van der Waals surface area contributed by atoms with E-state index in [1.165, 1.54) is 0 Å². The molecule has 20 heavy (non-hydrogen) atoms. The molecule has 0 saturated heterocycles. The second-order valence-electron chi connectivity index (χ2n) is 4.33. The average Bonchev–Trinajstić information content (AvgIpc) is 2.44. The first-order valence-corrected chi connectivity index (χ1v) is 6.67. The van der Waals surface area contributed by atoms with E-state index >= 15 is 0 Å². The van der Waals surface area contributed by atoms with Crippen molar-refractivity contribution in [2.45, 2.75) is 6.92 Å². The summed E-state index contributed by atoms with van der Waals surface area (Å²) in [4.78, 5) is 12.2. The number of anilines is 2. The first-order chi connectivity index (χ1) is 9.51. The largest absolute Gasteiger partial charge is 0.398 e. The Hall–Kier alpha value is -2.32. The van der Waals surface area contributed by atoms with Gasteiger partial charge in [-0.2, -0.15) is 5.26 Å². The number of amides is 1. The Morgan fingerprint density at radius 2 is 2.05 bits per heavy atom. The van der Waals surface area contributed by atoms with Gasteiger partial charge in [0.1, 0.15) is 0 Å². The highest BCUT2D eigenvalue weighted by atomic mass is 79.9. The Labute approximate surface area is 125 Å². The Balaban J connectivity index is 2.28. The Morgan fingerprint density at radius 1 is 1.30 bits per heavy atom. The number of carbonyl (C=O) groups is 1. The normalized spacial score (nSPS) is 9.85. The van der Waals surface area contributed by atoms with E-state index < -0.39 is 0 Å². The summed E-state index contributed by atoms with van der Waals surface area (Å²) in [6.45, 7) is 1.87. The van der Waals surface area contributed by atoms with Gasteiger partial charge in [-0.3, -0.25) is 4.79 Å². The van der Waals surface area contributed by atoms with Crippen molar-refractivity contribution in [2.75, 3.05) is 11.1 Å². The lowest BCUT2D eigenvalue weighted by Crippen LogP contribution is -2.13. The predicted molar refractivity (Wildman–Crippen MR) is 82.4 cm³/mol. The molecule has 0 spiro atoms. The number of nitrogens with two attached hydrogens (primary N) is 1. The van der Waals surface area contributed by atoms with Crippen LogP contribution in [0.1, 0.15) is 21.5 Å². The minimum Gasteiger partial charge on any atom is -0.398 e. The summed E-state index contributed by atoms with van der Waals surface area (Å²) in [6.07, 6.45) is 0. The molecule has 0 aliphatic carbocycles. The van der Waals surface area contributed by atoms with Crippen molar-refractivity contribution in [1.82, 2.24) is 0 Å². The smallest absolute Gasteiger partial charge is 0.255 e. The van der Waals surface area contributed by atoms with Crippen LogP contribution in [0.25, 0.3) is 0 Å². The lowest BCUT2D eigenvalue weighted by atomic mass is 10.1. The van der Waals surface area contributed by atoms with Crippen molar-refractivity contribution in [1.29, 1.82) is 5.26 Å². The zero-order valence-electron chi connectivity index (χ0n) is 10.8. The molecule has 2 rings (SSSR count). The fraction of sp³-hybridized carbons (Fsp3) is 0.0667. The van der Waals surface area contributed by atoms with Gasteiger partial charge in [-0.05, 0) is 58.7 Å². The number of nitrogen functional groups attached to an aromatic ring is 1. The lowest BCUT2D eigenvalue weighted by molar-refractivity contribution is 0.102. The Bertz CT molecular complexity index is 720. The van der Waals surface area contributed by atoms with Gasteiger partial charge in [0.05, 0.1) is 11.6 Å². The monoisotopic (exact) mass is 329 g/mol. The van der Waals surface area contributed by atoms with Gasteiger partial charge in [0.2, 0.25) is 0 Å². The number of hydrogen-bond donors (Lipinski definition) is 2. The number of halogens is 1. The van der Waals surface area contributed by atoms with Gasteiger partial charge in [-0.1, -0.05) is 6.07 Å². The van der Waals surface area contributed by atoms with Crippen LogP contribution in [0.2, 0.25) is 0 Å². The molecule has 1 amide bonds. The molecular formula is C15H12BrN3O. The summed E-state index contributed by atoms with van der Waals surface area (Å²) in [7, 11) is 0. The maximum Gasteiger partial charge on any atom is 0.255 e. The number of nitriles is 1. The fourth-order valence-corrected chi connectivity index (χ4v) is 1.95. The number of aryl methyl sites for hydroxylation is 1. The van der Waals surface area contributed by atoms with E-state index in [9.17, 15) is 4.79 Å². The second kappa shape index (κ2) is 5.76. The lowest BCUT2D eigenvalue weighted by Gasteiger charge is -2.09. The van der Waals surface area contributed by atoms with Crippen LogP contribution in [-0.4, -0.2) is 5.91 Å².